The molecule has 280 valence electrons. The third-order valence-corrected chi connectivity index (χ3v) is 11.8. The highest BCUT2D eigenvalue weighted by Crippen LogP contribution is 2.47. The van der Waals surface area contributed by atoms with Gasteiger partial charge < -0.3 is 9.80 Å². The molecule has 2 aliphatic rings. The fraction of sp³-hybridized carbons (Fsp3) is 0.412. The summed E-state index contributed by atoms with van der Waals surface area (Å²) in [6.07, 6.45) is 0. The molecule has 7 rings (SSSR count). The number of aryl methyl sites for hydroxylation is 1. The molecule has 0 bridgehead atoms. The van der Waals surface area contributed by atoms with Gasteiger partial charge >= 0.3 is 0 Å². The highest BCUT2D eigenvalue weighted by atomic mass is 15.2. The molecule has 0 spiro atoms. The number of hydrogen-bond acceptors (Lipinski definition) is 2. The SMILES string of the molecule is Cc1cc2c3c(c1)N(c1ccc(C(C)(C)C)c(C(C)(C)C)c1)c1ccc(C(C)(C)C)cc1B3c1cc(C(C)(C)C)ccc1N2c1ccc(C(C)(C)C)cc1. The topological polar surface area (TPSA) is 6.48 Å². The summed E-state index contributed by atoms with van der Waals surface area (Å²) in [5.41, 5.74) is 19.9. The van der Waals surface area contributed by atoms with E-state index in [1.165, 1.54) is 83.9 Å². The average molecular weight is 715 g/mol. The van der Waals surface area contributed by atoms with Gasteiger partial charge in [-0.2, -0.15) is 0 Å². The highest BCUT2D eigenvalue weighted by molar-refractivity contribution is 7.00. The van der Waals surface area contributed by atoms with Crippen LogP contribution in [0.3, 0.4) is 0 Å². The molecule has 0 saturated heterocycles. The van der Waals surface area contributed by atoms with Gasteiger partial charge in [-0.15, -0.1) is 0 Å². The van der Waals surface area contributed by atoms with Gasteiger partial charge in [0.05, 0.1) is 0 Å². The van der Waals surface area contributed by atoms with Gasteiger partial charge in [0.1, 0.15) is 0 Å². The first kappa shape index (κ1) is 38.1. The quantitative estimate of drug-likeness (QED) is 0.165. The molecular weight excluding hydrogens is 651 g/mol. The summed E-state index contributed by atoms with van der Waals surface area (Å²) in [5, 5.41) is 0. The lowest BCUT2D eigenvalue weighted by Crippen LogP contribution is -2.61. The van der Waals surface area contributed by atoms with Crippen LogP contribution in [0.25, 0.3) is 0 Å². The Morgan fingerprint density at radius 2 is 0.778 bits per heavy atom. The number of rotatable bonds is 2. The van der Waals surface area contributed by atoms with Crippen molar-refractivity contribution in [2.45, 2.75) is 138 Å². The van der Waals surface area contributed by atoms with E-state index in [4.69, 9.17) is 0 Å². The van der Waals surface area contributed by atoms with E-state index >= 15 is 0 Å². The molecule has 2 aliphatic heterocycles. The van der Waals surface area contributed by atoms with Crippen molar-refractivity contribution < 1.29 is 0 Å². The predicted molar refractivity (Wildman–Crippen MR) is 239 cm³/mol. The average Bonchev–Trinajstić information content (AvgIpc) is 3.05. The van der Waals surface area contributed by atoms with Crippen LogP contribution in [0.2, 0.25) is 0 Å². The lowest BCUT2D eigenvalue weighted by molar-refractivity contribution is 0.530. The van der Waals surface area contributed by atoms with Crippen LogP contribution < -0.4 is 26.2 Å². The number of anilines is 6. The summed E-state index contributed by atoms with van der Waals surface area (Å²) in [6.45, 7) is 37.4. The van der Waals surface area contributed by atoms with E-state index in [2.05, 4.69) is 212 Å². The van der Waals surface area contributed by atoms with Gasteiger partial charge in [-0.3, -0.25) is 0 Å². The van der Waals surface area contributed by atoms with Crippen molar-refractivity contribution in [2.75, 3.05) is 9.80 Å². The standard InChI is InChI=1S/C51H63BN2/c1-32-27-44-46-45(28-32)54(37-23-24-38(50(11,12)13)39(31-37)51(14,15)16)43-26-20-35(49(8,9)10)30-41(43)52(46)40-29-34(48(5,6)7)19-25-42(40)53(44)36-21-17-33(18-22-36)47(2,3)4/h17-31H,1-16H3. The van der Waals surface area contributed by atoms with Crippen LogP contribution in [0.4, 0.5) is 34.1 Å². The molecular formula is C51H63BN2. The minimum atomic E-state index is -0.0137. The van der Waals surface area contributed by atoms with E-state index in [1.54, 1.807) is 0 Å². The van der Waals surface area contributed by atoms with Gasteiger partial charge in [0.15, 0.2) is 0 Å². The Bertz CT molecular complexity index is 2260. The lowest BCUT2D eigenvalue weighted by Gasteiger charge is -2.45. The summed E-state index contributed by atoms with van der Waals surface area (Å²) in [7, 11) is 0. The lowest BCUT2D eigenvalue weighted by atomic mass is 9.33. The molecule has 54 heavy (non-hydrogen) atoms. The van der Waals surface area contributed by atoms with E-state index in [-0.39, 0.29) is 33.8 Å². The van der Waals surface area contributed by atoms with Crippen LogP contribution in [0, 0.1) is 6.92 Å². The Hall–Kier alpha value is -4.24. The van der Waals surface area contributed by atoms with Crippen molar-refractivity contribution in [1.82, 2.24) is 0 Å². The normalized spacial score (nSPS) is 14.6. The second kappa shape index (κ2) is 12.4. The molecule has 2 heterocycles. The van der Waals surface area contributed by atoms with Gasteiger partial charge in [-0.05, 0) is 132 Å². The van der Waals surface area contributed by atoms with Crippen molar-refractivity contribution in [1.29, 1.82) is 0 Å². The van der Waals surface area contributed by atoms with Gasteiger partial charge in [0.25, 0.3) is 6.71 Å². The first-order valence-electron chi connectivity index (χ1n) is 20.1. The van der Waals surface area contributed by atoms with Crippen molar-refractivity contribution in [3.63, 3.8) is 0 Å². The molecule has 0 saturated carbocycles. The van der Waals surface area contributed by atoms with Gasteiger partial charge in [-0.25, -0.2) is 0 Å². The smallest absolute Gasteiger partial charge is 0.252 e. The first-order chi connectivity index (χ1) is 24.9. The third kappa shape index (κ3) is 6.50. The third-order valence-electron chi connectivity index (χ3n) is 11.8. The molecule has 0 unspecified atom stereocenters. The maximum absolute atomic E-state index is 2.59. The van der Waals surface area contributed by atoms with Gasteiger partial charge in [0.2, 0.25) is 0 Å². The van der Waals surface area contributed by atoms with Crippen LogP contribution in [0.5, 0.6) is 0 Å². The molecule has 0 radical (unpaired) electrons. The molecule has 0 atom stereocenters. The first-order valence-corrected chi connectivity index (χ1v) is 20.1. The molecule has 0 N–H and O–H groups in total. The zero-order valence-corrected chi connectivity index (χ0v) is 36.1. The van der Waals surface area contributed by atoms with Gasteiger partial charge in [-0.1, -0.05) is 146 Å². The molecule has 2 nitrogen and oxygen atoms in total. The Balaban J connectivity index is 1.60. The molecule has 5 aromatic carbocycles. The van der Waals surface area contributed by atoms with E-state index in [0.717, 1.165) is 0 Å². The summed E-state index contributed by atoms with van der Waals surface area (Å²) in [6, 6.07) is 36.1. The molecule has 0 aliphatic carbocycles. The van der Waals surface area contributed by atoms with E-state index in [1.807, 2.05) is 0 Å². The Morgan fingerprint density at radius 3 is 1.20 bits per heavy atom. The van der Waals surface area contributed by atoms with Crippen LogP contribution in [0.15, 0.2) is 91.0 Å². The summed E-state index contributed by atoms with van der Waals surface area (Å²) in [4.78, 5) is 5.14. The largest absolute Gasteiger partial charge is 0.311 e. The molecule has 5 aromatic rings. The summed E-state index contributed by atoms with van der Waals surface area (Å²) in [5.74, 6) is 0. The zero-order chi connectivity index (χ0) is 39.5. The van der Waals surface area contributed by atoms with Crippen LogP contribution in [0.1, 0.15) is 137 Å². The van der Waals surface area contributed by atoms with E-state index in [9.17, 15) is 0 Å². The Morgan fingerprint density at radius 1 is 0.370 bits per heavy atom. The van der Waals surface area contributed by atoms with E-state index in [0.29, 0.717) is 0 Å². The Kier molecular flexibility index (Phi) is 8.73. The fourth-order valence-corrected chi connectivity index (χ4v) is 8.69. The Labute approximate surface area is 328 Å². The maximum Gasteiger partial charge on any atom is 0.252 e. The van der Waals surface area contributed by atoms with Crippen LogP contribution in [-0.2, 0) is 27.1 Å². The number of fused-ring (bicyclic) bond motifs is 4. The van der Waals surface area contributed by atoms with Crippen molar-refractivity contribution in [2.24, 2.45) is 0 Å². The van der Waals surface area contributed by atoms with Crippen LogP contribution >= 0.6 is 0 Å². The summed E-state index contributed by atoms with van der Waals surface area (Å²) < 4.78 is 0. The predicted octanol–water partition coefficient (Wildman–Crippen LogP) is 12.6. The van der Waals surface area contributed by atoms with E-state index < -0.39 is 0 Å². The monoisotopic (exact) mass is 715 g/mol. The minimum Gasteiger partial charge on any atom is -0.311 e. The zero-order valence-electron chi connectivity index (χ0n) is 36.1. The fourth-order valence-electron chi connectivity index (χ4n) is 8.69. The van der Waals surface area contributed by atoms with Crippen LogP contribution in [-0.4, -0.2) is 6.71 Å². The highest BCUT2D eigenvalue weighted by Gasteiger charge is 2.44. The number of hydrogen-bond donors (Lipinski definition) is 0. The molecule has 3 heteroatoms. The van der Waals surface area contributed by atoms with Crippen molar-refractivity contribution >= 4 is 57.2 Å². The van der Waals surface area contributed by atoms with Crippen molar-refractivity contribution in [3.8, 4) is 0 Å². The minimum absolute atomic E-state index is 0.00952. The molecule has 0 fully saturated rings. The molecule has 0 aromatic heterocycles. The number of nitrogens with zero attached hydrogens (tertiary/aromatic N) is 2. The van der Waals surface area contributed by atoms with Gasteiger partial charge in [0, 0.05) is 34.1 Å². The van der Waals surface area contributed by atoms with Crippen molar-refractivity contribution in [3.05, 3.63) is 124 Å². The summed E-state index contributed by atoms with van der Waals surface area (Å²) >= 11 is 0. The second-order valence-electron chi connectivity index (χ2n) is 21.4. The second-order valence-corrected chi connectivity index (χ2v) is 21.4. The molecule has 0 amide bonds. The maximum atomic E-state index is 2.59. The number of benzene rings is 5.